The van der Waals surface area contributed by atoms with Crippen molar-refractivity contribution in [2.24, 2.45) is 0 Å². The van der Waals surface area contributed by atoms with Gasteiger partial charge in [-0.3, -0.25) is 0 Å². The minimum Gasteiger partial charge on any atom is -0.462 e. The van der Waals surface area contributed by atoms with Crippen LogP contribution in [0.5, 0.6) is 5.75 Å². The zero-order valence-electron chi connectivity index (χ0n) is 15.0. The molecule has 2 rings (SSSR count). The summed E-state index contributed by atoms with van der Waals surface area (Å²) in [5.41, 5.74) is 13.0. The summed E-state index contributed by atoms with van der Waals surface area (Å²) in [6.07, 6.45) is 4.76. The Balaban J connectivity index is 1.69. The number of nitrogen functional groups attached to an aromatic ring is 2. The van der Waals surface area contributed by atoms with Gasteiger partial charge in [0.25, 0.3) is 6.26 Å². The van der Waals surface area contributed by atoms with E-state index in [0.717, 1.165) is 5.56 Å². The fourth-order valence-corrected chi connectivity index (χ4v) is 2.14. The minimum absolute atomic E-state index is 0.0738. The summed E-state index contributed by atoms with van der Waals surface area (Å²) < 4.78 is 14.8. The van der Waals surface area contributed by atoms with Crippen LogP contribution in [0, 0.1) is 11.5 Å². The maximum absolute atomic E-state index is 11.9. The van der Waals surface area contributed by atoms with Crippen LogP contribution in [0.1, 0.15) is 22.3 Å². The molecule has 0 aliphatic carbocycles. The van der Waals surface area contributed by atoms with Crippen LogP contribution in [0.25, 0.3) is 6.08 Å². The smallest absolute Gasteiger partial charge is 0.340 e. The Morgan fingerprint density at radius 2 is 1.75 bits per heavy atom. The highest BCUT2D eigenvalue weighted by atomic mass is 16.5. The van der Waals surface area contributed by atoms with Crippen LogP contribution in [0.2, 0.25) is 0 Å². The van der Waals surface area contributed by atoms with Crippen LogP contribution >= 0.6 is 0 Å². The number of nitrogens with zero attached hydrogens (tertiary/aromatic N) is 1. The maximum Gasteiger partial charge on any atom is 0.340 e. The van der Waals surface area contributed by atoms with E-state index >= 15 is 0 Å². The molecular weight excluding hydrogens is 362 g/mol. The van der Waals surface area contributed by atoms with Gasteiger partial charge in [-0.05, 0) is 42.0 Å². The number of nitriles is 1. The summed E-state index contributed by atoms with van der Waals surface area (Å²) in [5.74, 6) is -0.694. The second-order valence-corrected chi connectivity index (χ2v) is 5.60. The Bertz CT molecular complexity index is 901. The minimum atomic E-state index is -0.583. The van der Waals surface area contributed by atoms with Gasteiger partial charge in [-0.15, -0.1) is 5.26 Å². The average Bonchev–Trinajstić information content (AvgIpc) is 2.69. The Kier molecular flexibility index (Phi) is 7.43. The third kappa shape index (κ3) is 6.38. The molecule has 0 bridgehead atoms. The van der Waals surface area contributed by atoms with Crippen LogP contribution in [0.4, 0.5) is 11.4 Å². The molecule has 144 valence electrons. The summed E-state index contributed by atoms with van der Waals surface area (Å²) >= 11 is 0. The molecule has 4 N–H and O–H groups in total. The maximum atomic E-state index is 11.9. The van der Waals surface area contributed by atoms with Crippen LogP contribution < -0.4 is 16.2 Å². The summed E-state index contributed by atoms with van der Waals surface area (Å²) in [6.45, 7) is 0.169. The molecule has 0 spiro atoms. The van der Waals surface area contributed by atoms with Crippen molar-refractivity contribution in [1.29, 1.82) is 5.26 Å². The summed E-state index contributed by atoms with van der Waals surface area (Å²) in [6, 6.07) is 11.2. The fourth-order valence-electron chi connectivity index (χ4n) is 2.14. The Morgan fingerprint density at radius 3 is 2.46 bits per heavy atom. The van der Waals surface area contributed by atoms with Crippen molar-refractivity contribution in [3.05, 3.63) is 59.7 Å². The summed E-state index contributed by atoms with van der Waals surface area (Å²) in [7, 11) is 0. The summed E-state index contributed by atoms with van der Waals surface area (Å²) in [4.78, 5) is 23.6. The molecule has 0 atom stereocenters. The van der Waals surface area contributed by atoms with E-state index in [0.29, 0.717) is 17.9 Å². The molecule has 0 unspecified atom stereocenters. The van der Waals surface area contributed by atoms with Crippen molar-refractivity contribution >= 4 is 29.4 Å². The predicted molar refractivity (Wildman–Crippen MR) is 103 cm³/mol. The molecule has 0 saturated carbocycles. The van der Waals surface area contributed by atoms with Crippen molar-refractivity contribution in [3.8, 4) is 12.0 Å². The molecule has 0 amide bonds. The van der Waals surface area contributed by atoms with Gasteiger partial charge < -0.3 is 25.7 Å². The van der Waals surface area contributed by atoms with E-state index in [1.807, 2.05) is 0 Å². The Labute approximate surface area is 161 Å². The zero-order chi connectivity index (χ0) is 20.4. The van der Waals surface area contributed by atoms with E-state index in [-0.39, 0.29) is 24.5 Å². The molecule has 0 radical (unpaired) electrons. The largest absolute Gasteiger partial charge is 0.462 e. The highest BCUT2D eigenvalue weighted by Crippen LogP contribution is 2.16. The Hall–Kier alpha value is -3.99. The number of carbonyl (C=O) groups is 2. The molecule has 8 nitrogen and oxygen atoms in total. The highest BCUT2D eigenvalue weighted by Gasteiger charge is 2.11. The van der Waals surface area contributed by atoms with Gasteiger partial charge in [0.05, 0.1) is 18.8 Å². The molecule has 0 aliphatic heterocycles. The lowest BCUT2D eigenvalue weighted by molar-refractivity contribution is -0.137. The third-order valence-electron chi connectivity index (χ3n) is 3.52. The fraction of sp³-hybridized carbons (Fsp3) is 0.150. The Morgan fingerprint density at radius 1 is 1.04 bits per heavy atom. The van der Waals surface area contributed by atoms with Crippen LogP contribution in [0.3, 0.4) is 0 Å². The number of ether oxygens (including phenoxy) is 3. The van der Waals surface area contributed by atoms with E-state index in [2.05, 4.69) is 4.74 Å². The molecule has 0 aromatic heterocycles. The van der Waals surface area contributed by atoms with Crippen molar-refractivity contribution in [3.63, 3.8) is 0 Å². The third-order valence-corrected chi connectivity index (χ3v) is 3.52. The molecular formula is C20H19N3O5. The number of carbonyl (C=O) groups excluding carboxylic acids is 2. The van der Waals surface area contributed by atoms with Gasteiger partial charge in [0.1, 0.15) is 5.75 Å². The van der Waals surface area contributed by atoms with Crippen molar-refractivity contribution in [2.45, 2.75) is 6.42 Å². The molecule has 0 heterocycles. The number of hydrogen-bond acceptors (Lipinski definition) is 8. The average molecular weight is 381 g/mol. The molecule has 2 aromatic rings. The van der Waals surface area contributed by atoms with Gasteiger partial charge in [-0.1, -0.05) is 12.1 Å². The highest BCUT2D eigenvalue weighted by molar-refractivity contribution is 5.96. The number of nitrogens with two attached hydrogens (primary N) is 2. The van der Waals surface area contributed by atoms with Gasteiger partial charge in [-0.2, -0.15) is 0 Å². The molecule has 0 aliphatic rings. The normalized spacial score (nSPS) is 10.2. The topological polar surface area (TPSA) is 138 Å². The first-order valence-electron chi connectivity index (χ1n) is 8.32. The number of hydrogen-bond donors (Lipinski definition) is 2. The van der Waals surface area contributed by atoms with Gasteiger partial charge in [0.15, 0.2) is 0 Å². The first-order chi connectivity index (χ1) is 13.5. The van der Waals surface area contributed by atoms with Crippen molar-refractivity contribution in [1.82, 2.24) is 0 Å². The van der Waals surface area contributed by atoms with Crippen molar-refractivity contribution in [2.75, 3.05) is 24.7 Å². The van der Waals surface area contributed by atoms with Crippen LogP contribution in [0.15, 0.2) is 48.5 Å². The monoisotopic (exact) mass is 381 g/mol. The number of esters is 2. The lowest BCUT2D eigenvalue weighted by Gasteiger charge is -2.08. The standard InChI is InChI=1S/C20H19N3O5/c21-13-28-16-6-2-14(3-7-16)4-9-19(24)26-10-1-11-27-20(25)17-12-15(22)5-8-18(17)23/h2-9,12H,1,10-11,22-23H2/b9-4+. The predicted octanol–water partition coefficient (Wildman–Crippen LogP) is 2.51. The van der Waals surface area contributed by atoms with Gasteiger partial charge in [-0.25, -0.2) is 9.59 Å². The second kappa shape index (κ2) is 10.2. The second-order valence-electron chi connectivity index (χ2n) is 5.60. The van der Waals surface area contributed by atoms with Gasteiger partial charge in [0, 0.05) is 23.9 Å². The van der Waals surface area contributed by atoms with E-state index in [9.17, 15) is 9.59 Å². The van der Waals surface area contributed by atoms with Crippen LogP contribution in [-0.2, 0) is 14.3 Å². The number of benzene rings is 2. The lowest BCUT2D eigenvalue weighted by Crippen LogP contribution is -2.12. The summed E-state index contributed by atoms with van der Waals surface area (Å²) in [5, 5.41) is 8.41. The SMILES string of the molecule is N#COc1ccc(/C=C/C(=O)OCCCOC(=O)c2cc(N)ccc2N)cc1. The quantitative estimate of drug-likeness (QED) is 0.234. The van der Waals surface area contributed by atoms with Crippen molar-refractivity contribution < 1.29 is 23.8 Å². The molecule has 28 heavy (non-hydrogen) atoms. The number of rotatable bonds is 8. The van der Waals surface area contributed by atoms with E-state index in [1.165, 1.54) is 18.2 Å². The molecule has 0 saturated heterocycles. The number of anilines is 2. The molecule has 0 fully saturated rings. The zero-order valence-corrected chi connectivity index (χ0v) is 15.0. The lowest BCUT2D eigenvalue weighted by atomic mass is 10.1. The first-order valence-corrected chi connectivity index (χ1v) is 8.32. The van der Waals surface area contributed by atoms with Crippen LogP contribution in [-0.4, -0.2) is 25.2 Å². The van der Waals surface area contributed by atoms with E-state index in [4.69, 9.17) is 26.2 Å². The van der Waals surface area contributed by atoms with E-state index < -0.39 is 11.9 Å². The molecule has 8 heteroatoms. The van der Waals surface area contributed by atoms with E-state index in [1.54, 1.807) is 42.7 Å². The first kappa shape index (κ1) is 20.3. The molecule has 2 aromatic carbocycles. The van der Waals surface area contributed by atoms with Gasteiger partial charge in [0.2, 0.25) is 0 Å². The van der Waals surface area contributed by atoms with Gasteiger partial charge >= 0.3 is 11.9 Å².